The van der Waals surface area contributed by atoms with Crippen molar-refractivity contribution in [3.8, 4) is 17.0 Å². The van der Waals surface area contributed by atoms with E-state index in [0.29, 0.717) is 12.3 Å². The van der Waals surface area contributed by atoms with Gasteiger partial charge in [0.25, 0.3) is 0 Å². The summed E-state index contributed by atoms with van der Waals surface area (Å²) in [6, 6.07) is 13.7. The van der Waals surface area contributed by atoms with Crippen LogP contribution in [0.5, 0.6) is 5.75 Å². The van der Waals surface area contributed by atoms with Crippen LogP contribution in [0.4, 0.5) is 0 Å². The highest BCUT2D eigenvalue weighted by Gasteiger charge is 2.12. The summed E-state index contributed by atoms with van der Waals surface area (Å²) in [5.41, 5.74) is 2.55. The number of benzene rings is 1. The standard InChI is InChI=1S/C19H18N2O3S2/c22-14(10-20-11-16-5-2-7-25-16)12-23-15-4-1-3-13(9-15)18-19-17(24-21-18)6-8-26-19/h1-9,14,20,22H,10-12H2. The average Bonchev–Trinajstić information content (AvgIpc) is 3.38. The van der Waals surface area contributed by atoms with E-state index in [9.17, 15) is 5.11 Å². The zero-order chi connectivity index (χ0) is 17.8. The summed E-state index contributed by atoms with van der Waals surface area (Å²) in [5, 5.41) is 21.5. The predicted octanol–water partition coefficient (Wildman–Crippen LogP) is 4.15. The van der Waals surface area contributed by atoms with Gasteiger partial charge in [-0.3, -0.25) is 0 Å². The van der Waals surface area contributed by atoms with Crippen molar-refractivity contribution >= 4 is 33.0 Å². The minimum absolute atomic E-state index is 0.230. The summed E-state index contributed by atoms with van der Waals surface area (Å²) < 4.78 is 12.1. The van der Waals surface area contributed by atoms with E-state index in [1.165, 1.54) is 4.88 Å². The van der Waals surface area contributed by atoms with Gasteiger partial charge in [-0.25, -0.2) is 0 Å². The number of aliphatic hydroxyl groups excluding tert-OH is 1. The fourth-order valence-electron chi connectivity index (χ4n) is 2.62. The Balaban J connectivity index is 1.33. The molecule has 0 fully saturated rings. The molecule has 0 saturated carbocycles. The molecule has 5 nitrogen and oxygen atoms in total. The first-order chi connectivity index (χ1) is 12.8. The molecule has 3 aromatic heterocycles. The number of aromatic nitrogens is 1. The average molecular weight is 386 g/mol. The molecule has 0 aliphatic rings. The molecule has 2 N–H and O–H groups in total. The number of hydrogen-bond acceptors (Lipinski definition) is 7. The molecule has 0 amide bonds. The smallest absolute Gasteiger partial charge is 0.178 e. The quantitative estimate of drug-likeness (QED) is 0.476. The maximum Gasteiger partial charge on any atom is 0.178 e. The Morgan fingerprint density at radius 3 is 3.00 bits per heavy atom. The molecule has 134 valence electrons. The molecule has 0 aliphatic heterocycles. The molecular weight excluding hydrogens is 368 g/mol. The molecule has 0 radical (unpaired) electrons. The Morgan fingerprint density at radius 1 is 1.15 bits per heavy atom. The van der Waals surface area contributed by atoms with Crippen molar-refractivity contribution in [2.45, 2.75) is 12.6 Å². The van der Waals surface area contributed by atoms with Crippen LogP contribution in [-0.2, 0) is 6.54 Å². The van der Waals surface area contributed by atoms with Crippen molar-refractivity contribution in [2.75, 3.05) is 13.2 Å². The number of rotatable bonds is 8. The molecule has 4 rings (SSSR count). The van der Waals surface area contributed by atoms with Gasteiger partial charge >= 0.3 is 0 Å². The zero-order valence-corrected chi connectivity index (χ0v) is 15.6. The first kappa shape index (κ1) is 17.2. The summed E-state index contributed by atoms with van der Waals surface area (Å²) in [7, 11) is 0. The fourth-order valence-corrected chi connectivity index (χ4v) is 4.11. The minimum atomic E-state index is -0.574. The molecule has 1 atom stereocenters. The first-order valence-electron chi connectivity index (χ1n) is 8.27. The van der Waals surface area contributed by atoms with Gasteiger partial charge in [-0.2, -0.15) is 0 Å². The topological polar surface area (TPSA) is 67.5 Å². The van der Waals surface area contributed by atoms with Crippen molar-refractivity contribution in [1.29, 1.82) is 0 Å². The van der Waals surface area contributed by atoms with Gasteiger partial charge in [0.2, 0.25) is 0 Å². The number of nitrogens with one attached hydrogen (secondary N) is 1. The molecule has 26 heavy (non-hydrogen) atoms. The molecule has 0 spiro atoms. The van der Waals surface area contributed by atoms with Crippen molar-refractivity contribution in [3.63, 3.8) is 0 Å². The van der Waals surface area contributed by atoms with Gasteiger partial charge in [-0.15, -0.1) is 22.7 Å². The third-order valence-corrected chi connectivity index (χ3v) is 5.67. The highest BCUT2D eigenvalue weighted by Crippen LogP contribution is 2.33. The molecule has 4 aromatic rings. The van der Waals surface area contributed by atoms with Crippen LogP contribution < -0.4 is 10.1 Å². The lowest BCUT2D eigenvalue weighted by Gasteiger charge is -2.13. The van der Waals surface area contributed by atoms with Crippen molar-refractivity contribution in [1.82, 2.24) is 10.5 Å². The number of aliphatic hydroxyl groups is 1. The molecule has 7 heteroatoms. The largest absolute Gasteiger partial charge is 0.491 e. The van der Waals surface area contributed by atoms with Crippen LogP contribution in [0.15, 0.2) is 57.7 Å². The lowest BCUT2D eigenvalue weighted by atomic mass is 10.1. The van der Waals surface area contributed by atoms with E-state index in [4.69, 9.17) is 9.26 Å². The summed E-state index contributed by atoms with van der Waals surface area (Å²) >= 11 is 3.30. The van der Waals surface area contributed by atoms with E-state index in [2.05, 4.69) is 16.5 Å². The van der Waals surface area contributed by atoms with Gasteiger partial charge in [-0.1, -0.05) is 23.4 Å². The van der Waals surface area contributed by atoms with Crippen molar-refractivity contribution in [3.05, 3.63) is 58.1 Å². The molecule has 1 aromatic carbocycles. The Bertz CT molecular complexity index is 962. The van der Waals surface area contributed by atoms with Crippen LogP contribution >= 0.6 is 22.7 Å². The Hall–Kier alpha value is -2.19. The van der Waals surface area contributed by atoms with Gasteiger partial charge in [0.05, 0.1) is 0 Å². The second-order valence-electron chi connectivity index (χ2n) is 5.85. The van der Waals surface area contributed by atoms with E-state index < -0.39 is 6.10 Å². The first-order valence-corrected chi connectivity index (χ1v) is 10.0. The van der Waals surface area contributed by atoms with E-state index in [0.717, 1.165) is 28.1 Å². The van der Waals surface area contributed by atoms with Crippen molar-refractivity contribution in [2.24, 2.45) is 0 Å². The Morgan fingerprint density at radius 2 is 2.12 bits per heavy atom. The highest BCUT2D eigenvalue weighted by molar-refractivity contribution is 7.17. The third-order valence-electron chi connectivity index (χ3n) is 3.89. The Labute approximate surface area is 158 Å². The number of thiophene rings is 2. The maximum absolute atomic E-state index is 10.1. The normalized spacial score (nSPS) is 12.5. The second-order valence-corrected chi connectivity index (χ2v) is 7.80. The van der Waals surface area contributed by atoms with Crippen LogP contribution in [0, 0.1) is 0 Å². The number of fused-ring (bicyclic) bond motifs is 1. The van der Waals surface area contributed by atoms with Crippen LogP contribution in [0.1, 0.15) is 4.88 Å². The lowest BCUT2D eigenvalue weighted by Crippen LogP contribution is -2.30. The van der Waals surface area contributed by atoms with Crippen molar-refractivity contribution < 1.29 is 14.4 Å². The van der Waals surface area contributed by atoms with E-state index in [1.54, 1.807) is 22.7 Å². The molecular formula is C19H18N2O3S2. The number of nitrogens with zero attached hydrogens (tertiary/aromatic N) is 1. The summed E-state index contributed by atoms with van der Waals surface area (Å²) in [6.07, 6.45) is -0.574. The van der Waals surface area contributed by atoms with Crippen LogP contribution in [0.3, 0.4) is 0 Å². The minimum Gasteiger partial charge on any atom is -0.491 e. The number of hydrogen-bond donors (Lipinski definition) is 2. The van der Waals surface area contributed by atoms with Crippen LogP contribution in [0.25, 0.3) is 21.5 Å². The van der Waals surface area contributed by atoms with E-state index in [1.807, 2.05) is 47.2 Å². The second kappa shape index (κ2) is 8.01. The lowest BCUT2D eigenvalue weighted by molar-refractivity contribution is 0.106. The van der Waals surface area contributed by atoms with E-state index in [-0.39, 0.29) is 6.61 Å². The van der Waals surface area contributed by atoms with Gasteiger partial charge in [0.1, 0.15) is 28.9 Å². The Kier molecular flexibility index (Phi) is 5.31. The van der Waals surface area contributed by atoms with Crippen LogP contribution in [0.2, 0.25) is 0 Å². The maximum atomic E-state index is 10.1. The predicted molar refractivity (Wildman–Crippen MR) is 105 cm³/mol. The van der Waals surface area contributed by atoms with Gasteiger partial charge in [-0.05, 0) is 35.0 Å². The summed E-state index contributed by atoms with van der Waals surface area (Å²) in [4.78, 5) is 1.25. The summed E-state index contributed by atoms with van der Waals surface area (Å²) in [6.45, 7) is 1.47. The van der Waals surface area contributed by atoms with Gasteiger partial charge in [0, 0.05) is 23.5 Å². The fraction of sp³-hybridized carbons (Fsp3) is 0.211. The van der Waals surface area contributed by atoms with E-state index >= 15 is 0 Å². The number of ether oxygens (including phenoxy) is 1. The molecule has 0 aliphatic carbocycles. The summed E-state index contributed by atoms with van der Waals surface area (Å²) in [5.74, 6) is 0.701. The van der Waals surface area contributed by atoms with Gasteiger partial charge < -0.3 is 19.7 Å². The molecule has 0 saturated heterocycles. The van der Waals surface area contributed by atoms with Crippen LogP contribution in [-0.4, -0.2) is 29.5 Å². The zero-order valence-electron chi connectivity index (χ0n) is 13.9. The third kappa shape index (κ3) is 3.96. The monoisotopic (exact) mass is 386 g/mol. The SMILES string of the molecule is OC(CNCc1cccs1)COc1cccc(-c2noc3ccsc23)c1. The molecule has 3 heterocycles. The highest BCUT2D eigenvalue weighted by atomic mass is 32.1. The molecule has 0 bridgehead atoms. The van der Waals surface area contributed by atoms with Gasteiger partial charge in [0.15, 0.2) is 5.58 Å². The molecule has 1 unspecified atom stereocenters.